The summed E-state index contributed by atoms with van der Waals surface area (Å²) in [6.07, 6.45) is 5.84. The Morgan fingerprint density at radius 1 is 0.897 bits per heavy atom. The smallest absolute Gasteiger partial charge is 0.243 e. The summed E-state index contributed by atoms with van der Waals surface area (Å²) >= 11 is 17.5. The van der Waals surface area contributed by atoms with E-state index < -0.39 is 6.04 Å². The molecule has 0 bridgehead atoms. The molecule has 0 unspecified atom stereocenters. The predicted octanol–water partition coefficient (Wildman–Crippen LogP) is 8.08. The van der Waals surface area contributed by atoms with E-state index in [1.807, 2.05) is 60.7 Å². The van der Waals surface area contributed by atoms with Gasteiger partial charge in [-0.15, -0.1) is 11.8 Å². The standard InChI is InChI=1S/C31H33BrCl2N2O2S/c32-25-14-11-23(12-15-25)20-39-21-30(37)36(19-24-13-16-27(33)28(34)17-24)29(18-22-7-3-1-4-8-22)31(38)35-26-9-5-2-6-10-26/h1,3-4,7-8,11-17,26,29H,2,5-6,9-10,18-21H2,(H,35,38)/t29-/m0/s1. The molecule has 3 aromatic rings. The Balaban J connectivity index is 1.57. The van der Waals surface area contributed by atoms with Gasteiger partial charge in [0.1, 0.15) is 6.04 Å². The van der Waals surface area contributed by atoms with Crippen LogP contribution in [0.1, 0.15) is 48.8 Å². The van der Waals surface area contributed by atoms with E-state index in [0.717, 1.165) is 46.8 Å². The van der Waals surface area contributed by atoms with Gasteiger partial charge in [0, 0.05) is 29.2 Å². The molecule has 1 saturated carbocycles. The van der Waals surface area contributed by atoms with Crippen molar-refractivity contribution >= 4 is 62.7 Å². The zero-order valence-corrected chi connectivity index (χ0v) is 25.7. The van der Waals surface area contributed by atoms with E-state index in [1.165, 1.54) is 6.42 Å². The number of rotatable bonds is 11. The first-order valence-electron chi connectivity index (χ1n) is 13.3. The highest BCUT2D eigenvalue weighted by atomic mass is 79.9. The lowest BCUT2D eigenvalue weighted by Gasteiger charge is -2.33. The molecular formula is C31H33BrCl2N2O2S. The maximum atomic E-state index is 13.8. The molecule has 1 fully saturated rings. The van der Waals surface area contributed by atoms with Gasteiger partial charge in [-0.1, -0.05) is 107 Å². The average Bonchev–Trinajstić information content (AvgIpc) is 2.94. The van der Waals surface area contributed by atoms with Gasteiger partial charge < -0.3 is 10.2 Å². The van der Waals surface area contributed by atoms with Crippen LogP contribution in [-0.4, -0.2) is 34.6 Å². The monoisotopic (exact) mass is 646 g/mol. The molecule has 4 rings (SSSR count). The number of nitrogens with zero attached hydrogens (tertiary/aromatic N) is 1. The van der Waals surface area contributed by atoms with E-state index in [-0.39, 0.29) is 30.2 Å². The third-order valence-corrected chi connectivity index (χ3v) is 9.22. The summed E-state index contributed by atoms with van der Waals surface area (Å²) in [6.45, 7) is 0.268. The molecule has 0 aromatic heterocycles. The second-order valence-corrected chi connectivity index (χ2v) is 12.7. The van der Waals surface area contributed by atoms with Crippen LogP contribution in [0.2, 0.25) is 10.0 Å². The SMILES string of the molecule is O=C(NC1CCCCC1)[C@H](Cc1ccccc1)N(Cc1ccc(Cl)c(Cl)c1)C(=O)CSCc1ccc(Br)cc1. The number of halogens is 3. The molecule has 1 N–H and O–H groups in total. The normalized spacial score (nSPS) is 14.5. The molecule has 0 spiro atoms. The second kappa shape index (κ2) is 15.1. The van der Waals surface area contributed by atoms with Crippen molar-refractivity contribution in [3.8, 4) is 0 Å². The first kappa shape index (κ1) is 30.0. The number of carbonyl (C=O) groups is 2. The fourth-order valence-electron chi connectivity index (χ4n) is 4.85. The highest BCUT2D eigenvalue weighted by molar-refractivity contribution is 9.10. The fourth-order valence-corrected chi connectivity index (χ4v) is 6.31. The van der Waals surface area contributed by atoms with Crippen molar-refractivity contribution in [3.63, 3.8) is 0 Å². The maximum Gasteiger partial charge on any atom is 0.243 e. The quantitative estimate of drug-likeness (QED) is 0.229. The van der Waals surface area contributed by atoms with Crippen LogP contribution in [-0.2, 0) is 28.3 Å². The van der Waals surface area contributed by atoms with Crippen molar-refractivity contribution in [2.75, 3.05) is 5.75 Å². The highest BCUT2D eigenvalue weighted by Gasteiger charge is 2.32. The Kier molecular flexibility index (Phi) is 11.6. The van der Waals surface area contributed by atoms with E-state index in [1.54, 1.807) is 28.8 Å². The van der Waals surface area contributed by atoms with Crippen LogP contribution in [0.15, 0.2) is 77.3 Å². The zero-order chi connectivity index (χ0) is 27.6. The molecule has 8 heteroatoms. The van der Waals surface area contributed by atoms with E-state index in [2.05, 4.69) is 21.2 Å². The minimum Gasteiger partial charge on any atom is -0.352 e. The summed E-state index contributed by atoms with van der Waals surface area (Å²) in [6, 6.07) is 22.9. The first-order valence-corrected chi connectivity index (χ1v) is 16.0. The Hall–Kier alpha value is -1.99. The molecule has 0 aliphatic heterocycles. The number of amides is 2. The summed E-state index contributed by atoms with van der Waals surface area (Å²) < 4.78 is 1.02. The van der Waals surface area contributed by atoms with Crippen LogP contribution in [0.5, 0.6) is 0 Å². The van der Waals surface area contributed by atoms with Crippen LogP contribution in [0.3, 0.4) is 0 Å². The molecule has 0 heterocycles. The Labute approximate surface area is 254 Å². The van der Waals surface area contributed by atoms with Crippen LogP contribution >= 0.6 is 50.9 Å². The third-order valence-electron chi connectivity index (χ3n) is 6.97. The van der Waals surface area contributed by atoms with Gasteiger partial charge in [0.2, 0.25) is 11.8 Å². The molecule has 0 radical (unpaired) electrons. The van der Waals surface area contributed by atoms with Gasteiger partial charge in [0.05, 0.1) is 15.8 Å². The van der Waals surface area contributed by atoms with Gasteiger partial charge in [-0.25, -0.2) is 0 Å². The number of carbonyl (C=O) groups excluding carboxylic acids is 2. The lowest BCUT2D eigenvalue weighted by Crippen LogP contribution is -2.53. The average molecular weight is 648 g/mol. The third kappa shape index (κ3) is 9.28. The van der Waals surface area contributed by atoms with Crippen molar-refractivity contribution in [2.24, 2.45) is 0 Å². The second-order valence-electron chi connectivity index (χ2n) is 9.94. The van der Waals surface area contributed by atoms with Crippen LogP contribution in [0.4, 0.5) is 0 Å². The number of hydrogen-bond acceptors (Lipinski definition) is 3. The molecule has 0 saturated heterocycles. The molecule has 206 valence electrons. The lowest BCUT2D eigenvalue weighted by molar-refractivity contribution is -0.139. The highest BCUT2D eigenvalue weighted by Crippen LogP contribution is 2.26. The number of thioether (sulfide) groups is 1. The van der Waals surface area contributed by atoms with E-state index in [9.17, 15) is 9.59 Å². The summed E-state index contributed by atoms with van der Waals surface area (Å²) in [4.78, 5) is 29.4. The van der Waals surface area contributed by atoms with Crippen molar-refractivity contribution in [3.05, 3.63) is 104 Å². The number of benzene rings is 3. The van der Waals surface area contributed by atoms with Crippen LogP contribution in [0, 0.1) is 0 Å². The van der Waals surface area contributed by atoms with E-state index >= 15 is 0 Å². The zero-order valence-electron chi connectivity index (χ0n) is 21.8. The summed E-state index contributed by atoms with van der Waals surface area (Å²) in [7, 11) is 0. The van der Waals surface area contributed by atoms with Gasteiger partial charge in [-0.05, 0) is 53.8 Å². The summed E-state index contributed by atoms with van der Waals surface area (Å²) in [5, 5.41) is 4.16. The van der Waals surface area contributed by atoms with E-state index in [4.69, 9.17) is 23.2 Å². The summed E-state index contributed by atoms with van der Waals surface area (Å²) in [5.74, 6) is 0.788. The van der Waals surface area contributed by atoms with E-state index in [0.29, 0.717) is 22.2 Å². The van der Waals surface area contributed by atoms with Gasteiger partial charge in [0.15, 0.2) is 0 Å². The molecule has 1 aliphatic carbocycles. The van der Waals surface area contributed by atoms with Gasteiger partial charge in [-0.2, -0.15) is 0 Å². The molecule has 2 amide bonds. The molecule has 3 aromatic carbocycles. The molecule has 4 nitrogen and oxygen atoms in total. The van der Waals surface area contributed by atoms with Crippen molar-refractivity contribution in [1.29, 1.82) is 0 Å². The van der Waals surface area contributed by atoms with Gasteiger partial charge in [0.25, 0.3) is 0 Å². The van der Waals surface area contributed by atoms with Crippen LogP contribution < -0.4 is 5.32 Å². The van der Waals surface area contributed by atoms with Crippen molar-refractivity contribution in [1.82, 2.24) is 10.2 Å². The predicted molar refractivity (Wildman–Crippen MR) is 166 cm³/mol. The molecule has 1 aliphatic rings. The fraction of sp³-hybridized carbons (Fsp3) is 0.355. The Bertz CT molecular complexity index is 1240. The molecular weight excluding hydrogens is 615 g/mol. The van der Waals surface area contributed by atoms with Gasteiger partial charge in [-0.3, -0.25) is 9.59 Å². The minimum atomic E-state index is -0.649. The maximum absolute atomic E-state index is 13.8. The lowest BCUT2D eigenvalue weighted by atomic mass is 9.94. The first-order chi connectivity index (χ1) is 18.9. The van der Waals surface area contributed by atoms with Crippen molar-refractivity contribution < 1.29 is 9.59 Å². The summed E-state index contributed by atoms with van der Waals surface area (Å²) in [5.41, 5.74) is 2.98. The van der Waals surface area contributed by atoms with Crippen LogP contribution in [0.25, 0.3) is 0 Å². The number of nitrogens with one attached hydrogen (secondary N) is 1. The molecule has 39 heavy (non-hydrogen) atoms. The largest absolute Gasteiger partial charge is 0.352 e. The minimum absolute atomic E-state index is 0.0806. The molecule has 1 atom stereocenters. The Morgan fingerprint density at radius 2 is 1.59 bits per heavy atom. The Morgan fingerprint density at radius 3 is 2.28 bits per heavy atom. The number of hydrogen-bond donors (Lipinski definition) is 1. The van der Waals surface area contributed by atoms with Gasteiger partial charge >= 0.3 is 0 Å². The topological polar surface area (TPSA) is 49.4 Å². The van der Waals surface area contributed by atoms with Crippen molar-refractivity contribution in [2.45, 2.75) is 62.9 Å².